The summed E-state index contributed by atoms with van der Waals surface area (Å²) in [5, 5.41) is 8.61. The lowest BCUT2D eigenvalue weighted by Crippen LogP contribution is -1.84. The molecule has 0 bridgehead atoms. The molecule has 84 valence electrons. The molecule has 0 unspecified atom stereocenters. The fourth-order valence-corrected chi connectivity index (χ4v) is 1.84. The van der Waals surface area contributed by atoms with Crippen molar-refractivity contribution in [2.45, 2.75) is 19.8 Å². The molecule has 0 amide bonds. The van der Waals surface area contributed by atoms with Crippen LogP contribution >= 0.6 is 0 Å². The molecular weight excluding hydrogens is 206 g/mol. The molecule has 0 aliphatic heterocycles. The fourth-order valence-electron chi connectivity index (χ4n) is 1.84. The Labute approximate surface area is 102 Å². The Bertz CT molecular complexity index is 515. The van der Waals surface area contributed by atoms with E-state index in [1.54, 1.807) is 0 Å². The second kappa shape index (κ2) is 5.32. The molecule has 0 saturated carbocycles. The molecule has 0 fully saturated rings. The Morgan fingerprint density at radius 2 is 1.29 bits per heavy atom. The van der Waals surface area contributed by atoms with Gasteiger partial charge in [-0.25, -0.2) is 0 Å². The minimum absolute atomic E-state index is 0.481. The van der Waals surface area contributed by atoms with E-state index in [2.05, 4.69) is 49.4 Å². The summed E-state index contributed by atoms with van der Waals surface area (Å²) < 4.78 is 0. The predicted molar refractivity (Wildman–Crippen MR) is 70.6 cm³/mol. The maximum absolute atomic E-state index is 8.61. The average molecular weight is 221 g/mol. The van der Waals surface area contributed by atoms with E-state index >= 15 is 0 Å². The van der Waals surface area contributed by atoms with E-state index in [-0.39, 0.29) is 0 Å². The molecule has 0 aromatic heterocycles. The molecule has 2 aromatic carbocycles. The minimum Gasteiger partial charge on any atom is -0.198 e. The Balaban J connectivity index is 2.24. The molecule has 2 aromatic rings. The van der Waals surface area contributed by atoms with E-state index in [0.29, 0.717) is 6.42 Å². The highest BCUT2D eigenvalue weighted by Crippen LogP contribution is 2.20. The van der Waals surface area contributed by atoms with Crippen molar-refractivity contribution in [3.05, 3.63) is 59.7 Å². The monoisotopic (exact) mass is 221 g/mol. The third-order valence-corrected chi connectivity index (χ3v) is 2.93. The van der Waals surface area contributed by atoms with Gasteiger partial charge in [-0.3, -0.25) is 0 Å². The van der Waals surface area contributed by atoms with Crippen LogP contribution in [-0.2, 0) is 12.8 Å². The van der Waals surface area contributed by atoms with Gasteiger partial charge in [0.1, 0.15) is 0 Å². The zero-order valence-electron chi connectivity index (χ0n) is 9.98. The molecule has 17 heavy (non-hydrogen) atoms. The second-order valence-corrected chi connectivity index (χ2v) is 4.08. The highest BCUT2D eigenvalue weighted by Gasteiger charge is 1.98. The van der Waals surface area contributed by atoms with Gasteiger partial charge in [-0.05, 0) is 28.7 Å². The normalized spacial score (nSPS) is 9.88. The SMILES string of the molecule is CCc1ccc(-c2ccc(CC#N)cc2)cc1. The summed E-state index contributed by atoms with van der Waals surface area (Å²) in [6.45, 7) is 2.16. The lowest BCUT2D eigenvalue weighted by Gasteiger charge is -2.04. The number of hydrogen-bond donors (Lipinski definition) is 0. The second-order valence-electron chi connectivity index (χ2n) is 4.08. The number of rotatable bonds is 3. The first-order valence-electron chi connectivity index (χ1n) is 5.88. The van der Waals surface area contributed by atoms with Crippen molar-refractivity contribution in [2.24, 2.45) is 0 Å². The van der Waals surface area contributed by atoms with E-state index in [1.807, 2.05) is 12.1 Å². The van der Waals surface area contributed by atoms with Crippen molar-refractivity contribution in [3.8, 4) is 17.2 Å². The largest absolute Gasteiger partial charge is 0.198 e. The Morgan fingerprint density at radius 3 is 1.71 bits per heavy atom. The van der Waals surface area contributed by atoms with Crippen LogP contribution in [0.5, 0.6) is 0 Å². The maximum atomic E-state index is 8.61. The molecule has 0 N–H and O–H groups in total. The van der Waals surface area contributed by atoms with Crippen molar-refractivity contribution in [1.29, 1.82) is 5.26 Å². The summed E-state index contributed by atoms with van der Waals surface area (Å²) in [6, 6.07) is 19.0. The highest BCUT2D eigenvalue weighted by atomic mass is 14.2. The summed E-state index contributed by atoms with van der Waals surface area (Å²) in [4.78, 5) is 0. The molecule has 0 aliphatic rings. The first-order valence-corrected chi connectivity index (χ1v) is 5.88. The van der Waals surface area contributed by atoms with Gasteiger partial charge in [-0.15, -0.1) is 0 Å². The van der Waals surface area contributed by atoms with Crippen LogP contribution in [0.2, 0.25) is 0 Å². The molecule has 1 nitrogen and oxygen atoms in total. The molecule has 1 heteroatoms. The van der Waals surface area contributed by atoms with Gasteiger partial charge >= 0.3 is 0 Å². The summed E-state index contributed by atoms with van der Waals surface area (Å²) in [5.41, 5.74) is 4.86. The Morgan fingerprint density at radius 1 is 0.824 bits per heavy atom. The summed E-state index contributed by atoms with van der Waals surface area (Å²) in [5.74, 6) is 0. The number of benzene rings is 2. The van der Waals surface area contributed by atoms with Gasteiger partial charge in [0, 0.05) is 0 Å². The Kier molecular flexibility index (Phi) is 3.57. The van der Waals surface area contributed by atoms with Gasteiger partial charge in [-0.2, -0.15) is 5.26 Å². The number of hydrogen-bond acceptors (Lipinski definition) is 1. The van der Waals surface area contributed by atoms with E-state index < -0.39 is 0 Å². The molecule has 0 radical (unpaired) electrons. The van der Waals surface area contributed by atoms with Crippen molar-refractivity contribution in [2.75, 3.05) is 0 Å². The lowest BCUT2D eigenvalue weighted by atomic mass is 10.0. The van der Waals surface area contributed by atoms with E-state index in [1.165, 1.54) is 16.7 Å². The molecule has 0 heterocycles. The minimum atomic E-state index is 0.481. The smallest absolute Gasteiger partial charge is 0.0669 e. The van der Waals surface area contributed by atoms with E-state index in [9.17, 15) is 0 Å². The zero-order valence-corrected chi connectivity index (χ0v) is 9.98. The molecule has 0 aliphatic carbocycles. The topological polar surface area (TPSA) is 23.8 Å². The van der Waals surface area contributed by atoms with Gasteiger partial charge in [0.15, 0.2) is 0 Å². The van der Waals surface area contributed by atoms with Crippen molar-refractivity contribution < 1.29 is 0 Å². The molecular formula is C16H15N. The quantitative estimate of drug-likeness (QED) is 0.769. The molecule has 0 saturated heterocycles. The average Bonchev–Trinajstić information content (AvgIpc) is 2.40. The van der Waals surface area contributed by atoms with Gasteiger partial charge < -0.3 is 0 Å². The summed E-state index contributed by atoms with van der Waals surface area (Å²) in [6.07, 6.45) is 1.55. The van der Waals surface area contributed by atoms with Crippen molar-refractivity contribution in [1.82, 2.24) is 0 Å². The fraction of sp³-hybridized carbons (Fsp3) is 0.188. The number of aryl methyl sites for hydroxylation is 1. The van der Waals surface area contributed by atoms with Crippen LogP contribution in [0, 0.1) is 11.3 Å². The van der Waals surface area contributed by atoms with Crippen LogP contribution in [0.25, 0.3) is 11.1 Å². The van der Waals surface area contributed by atoms with Crippen LogP contribution in [0.15, 0.2) is 48.5 Å². The first-order chi connectivity index (χ1) is 8.33. The lowest BCUT2D eigenvalue weighted by molar-refractivity contribution is 1.14. The van der Waals surface area contributed by atoms with Gasteiger partial charge in [0.25, 0.3) is 0 Å². The van der Waals surface area contributed by atoms with Crippen molar-refractivity contribution in [3.63, 3.8) is 0 Å². The van der Waals surface area contributed by atoms with Crippen LogP contribution in [-0.4, -0.2) is 0 Å². The van der Waals surface area contributed by atoms with Crippen molar-refractivity contribution >= 4 is 0 Å². The van der Waals surface area contributed by atoms with Crippen LogP contribution < -0.4 is 0 Å². The summed E-state index contributed by atoms with van der Waals surface area (Å²) in [7, 11) is 0. The molecule has 0 spiro atoms. The zero-order chi connectivity index (χ0) is 12.1. The first kappa shape index (κ1) is 11.4. The Hall–Kier alpha value is -2.07. The highest BCUT2D eigenvalue weighted by molar-refractivity contribution is 5.64. The van der Waals surface area contributed by atoms with Gasteiger partial charge in [0.2, 0.25) is 0 Å². The van der Waals surface area contributed by atoms with Crippen LogP contribution in [0.3, 0.4) is 0 Å². The third kappa shape index (κ3) is 2.73. The van der Waals surface area contributed by atoms with Gasteiger partial charge in [-0.1, -0.05) is 55.5 Å². The van der Waals surface area contributed by atoms with Crippen LogP contribution in [0.1, 0.15) is 18.1 Å². The van der Waals surface area contributed by atoms with E-state index in [4.69, 9.17) is 5.26 Å². The molecule has 0 atom stereocenters. The maximum Gasteiger partial charge on any atom is 0.0669 e. The number of nitriles is 1. The standard InChI is InChI=1S/C16H15N/c1-2-13-3-7-15(8-4-13)16-9-5-14(6-10-16)11-12-17/h3-10H,2,11H2,1H3. The van der Waals surface area contributed by atoms with Crippen LogP contribution in [0.4, 0.5) is 0 Å². The van der Waals surface area contributed by atoms with Gasteiger partial charge in [0.05, 0.1) is 12.5 Å². The van der Waals surface area contributed by atoms with E-state index in [0.717, 1.165) is 12.0 Å². The summed E-state index contributed by atoms with van der Waals surface area (Å²) >= 11 is 0. The molecule has 2 rings (SSSR count). The predicted octanol–water partition coefficient (Wildman–Crippen LogP) is 3.98. The number of nitrogens with zero attached hydrogens (tertiary/aromatic N) is 1. The third-order valence-electron chi connectivity index (χ3n) is 2.93.